The van der Waals surface area contributed by atoms with Gasteiger partial charge in [0.2, 0.25) is 5.91 Å². The number of methoxy groups -OCH3 is 1. The van der Waals surface area contributed by atoms with E-state index in [-0.39, 0.29) is 11.3 Å². The fraction of sp³-hybridized carbons (Fsp3) is 0.250. The lowest BCUT2D eigenvalue weighted by molar-refractivity contribution is -0.111. The van der Waals surface area contributed by atoms with Gasteiger partial charge in [-0.1, -0.05) is 50.6 Å². The van der Waals surface area contributed by atoms with E-state index in [1.54, 1.807) is 25.3 Å². The van der Waals surface area contributed by atoms with Crippen molar-refractivity contribution in [2.75, 3.05) is 12.4 Å². The molecule has 0 heterocycles. The molecule has 0 aliphatic rings. The van der Waals surface area contributed by atoms with Crippen LogP contribution in [0.3, 0.4) is 0 Å². The van der Waals surface area contributed by atoms with Crippen molar-refractivity contribution in [3.8, 4) is 5.75 Å². The molecule has 0 aromatic heterocycles. The number of benzene rings is 2. The zero-order valence-corrected chi connectivity index (χ0v) is 15.1. The summed E-state index contributed by atoms with van der Waals surface area (Å²) in [4.78, 5) is 12.2. The maximum absolute atomic E-state index is 12.2. The number of ether oxygens (including phenoxy) is 1. The summed E-state index contributed by atoms with van der Waals surface area (Å²) >= 11 is 5.85. The first-order valence-corrected chi connectivity index (χ1v) is 8.10. The normalized spacial score (nSPS) is 11.5. The van der Waals surface area contributed by atoms with Gasteiger partial charge in [0.05, 0.1) is 12.8 Å². The highest BCUT2D eigenvalue weighted by Gasteiger charge is 2.16. The summed E-state index contributed by atoms with van der Waals surface area (Å²) in [5.74, 6) is 0.422. The molecular formula is C20H22ClNO2. The van der Waals surface area contributed by atoms with Crippen LogP contribution in [0.4, 0.5) is 5.69 Å². The maximum atomic E-state index is 12.2. The van der Waals surface area contributed by atoms with E-state index in [4.69, 9.17) is 16.3 Å². The quantitative estimate of drug-likeness (QED) is 0.765. The maximum Gasteiger partial charge on any atom is 0.248 e. The number of hydrogen-bond acceptors (Lipinski definition) is 2. The summed E-state index contributed by atoms with van der Waals surface area (Å²) in [5.41, 5.74) is 2.69. The number of hydrogen-bond donors (Lipinski definition) is 1. The van der Waals surface area contributed by atoms with Gasteiger partial charge in [0.15, 0.2) is 0 Å². The van der Waals surface area contributed by atoms with Gasteiger partial charge in [-0.3, -0.25) is 4.79 Å². The third-order valence-electron chi connectivity index (χ3n) is 3.62. The van der Waals surface area contributed by atoms with Gasteiger partial charge in [0, 0.05) is 11.1 Å². The Morgan fingerprint density at radius 1 is 1.12 bits per heavy atom. The number of halogens is 1. The molecule has 1 N–H and O–H groups in total. The molecule has 0 radical (unpaired) electrons. The van der Waals surface area contributed by atoms with Crippen molar-refractivity contribution in [3.63, 3.8) is 0 Å². The van der Waals surface area contributed by atoms with E-state index in [0.29, 0.717) is 16.5 Å². The van der Waals surface area contributed by atoms with E-state index >= 15 is 0 Å². The highest BCUT2D eigenvalue weighted by Crippen LogP contribution is 2.31. The molecule has 0 fully saturated rings. The largest absolute Gasteiger partial charge is 0.495 e. The second-order valence-corrected chi connectivity index (χ2v) is 6.98. The van der Waals surface area contributed by atoms with Gasteiger partial charge in [0.1, 0.15) is 5.75 Å². The topological polar surface area (TPSA) is 38.3 Å². The molecular weight excluding hydrogens is 322 g/mol. The number of anilines is 1. The molecule has 0 aliphatic heterocycles. The molecule has 24 heavy (non-hydrogen) atoms. The standard InChI is InChI=1S/C20H22ClNO2/c1-20(2,3)15-8-11-18(24-4)17(13-15)22-19(23)12-7-14-5-9-16(21)10-6-14/h5-13H,1-4H3,(H,22,23)/b12-7+. The van der Waals surface area contributed by atoms with E-state index in [0.717, 1.165) is 11.1 Å². The fourth-order valence-electron chi connectivity index (χ4n) is 2.19. The highest BCUT2D eigenvalue weighted by atomic mass is 35.5. The van der Waals surface area contributed by atoms with Crippen LogP contribution < -0.4 is 10.1 Å². The van der Waals surface area contributed by atoms with Crippen molar-refractivity contribution in [2.45, 2.75) is 26.2 Å². The summed E-state index contributed by atoms with van der Waals surface area (Å²) in [6, 6.07) is 13.1. The lowest BCUT2D eigenvalue weighted by Crippen LogP contribution is -2.14. The van der Waals surface area contributed by atoms with E-state index in [1.807, 2.05) is 30.3 Å². The smallest absolute Gasteiger partial charge is 0.248 e. The Bertz CT molecular complexity index is 743. The zero-order valence-electron chi connectivity index (χ0n) is 14.4. The second-order valence-electron chi connectivity index (χ2n) is 6.54. The minimum atomic E-state index is -0.214. The summed E-state index contributed by atoms with van der Waals surface area (Å²) < 4.78 is 5.34. The molecule has 2 aromatic rings. The lowest BCUT2D eigenvalue weighted by Gasteiger charge is -2.21. The van der Waals surface area contributed by atoms with Crippen LogP contribution in [-0.4, -0.2) is 13.0 Å². The van der Waals surface area contributed by atoms with Gasteiger partial charge in [-0.05, 0) is 46.9 Å². The summed E-state index contributed by atoms with van der Waals surface area (Å²) in [6.07, 6.45) is 3.23. The van der Waals surface area contributed by atoms with Crippen molar-refractivity contribution >= 4 is 29.3 Å². The van der Waals surface area contributed by atoms with Gasteiger partial charge in [-0.25, -0.2) is 0 Å². The van der Waals surface area contributed by atoms with E-state index in [1.165, 1.54) is 6.08 Å². The second kappa shape index (κ2) is 7.54. The van der Waals surface area contributed by atoms with Gasteiger partial charge >= 0.3 is 0 Å². The molecule has 0 bridgehead atoms. The molecule has 1 amide bonds. The molecule has 0 atom stereocenters. The van der Waals surface area contributed by atoms with Crippen LogP contribution in [0, 0.1) is 0 Å². The van der Waals surface area contributed by atoms with Crippen molar-refractivity contribution in [1.82, 2.24) is 0 Å². The number of carbonyl (C=O) groups excluding carboxylic acids is 1. The van der Waals surface area contributed by atoms with E-state index < -0.39 is 0 Å². The van der Waals surface area contributed by atoms with Gasteiger partial charge in [-0.15, -0.1) is 0 Å². The molecule has 4 heteroatoms. The molecule has 3 nitrogen and oxygen atoms in total. The van der Waals surface area contributed by atoms with E-state index in [2.05, 4.69) is 26.1 Å². The van der Waals surface area contributed by atoms with Gasteiger partial charge < -0.3 is 10.1 Å². The monoisotopic (exact) mass is 343 g/mol. The van der Waals surface area contributed by atoms with Crippen LogP contribution in [0.5, 0.6) is 5.75 Å². The number of amides is 1. The van der Waals surface area contributed by atoms with Crippen molar-refractivity contribution in [1.29, 1.82) is 0 Å². The van der Waals surface area contributed by atoms with Gasteiger partial charge in [0.25, 0.3) is 0 Å². The summed E-state index contributed by atoms with van der Waals surface area (Å²) in [7, 11) is 1.59. The molecule has 0 unspecified atom stereocenters. The van der Waals surface area contributed by atoms with Gasteiger partial charge in [-0.2, -0.15) is 0 Å². The van der Waals surface area contributed by atoms with Crippen LogP contribution in [0.2, 0.25) is 5.02 Å². The average Bonchev–Trinajstić information content (AvgIpc) is 2.53. The fourth-order valence-corrected chi connectivity index (χ4v) is 2.32. The third kappa shape index (κ3) is 4.87. The Balaban J connectivity index is 2.17. The minimum Gasteiger partial charge on any atom is -0.495 e. The summed E-state index contributed by atoms with van der Waals surface area (Å²) in [5, 5.41) is 3.55. The first kappa shape index (κ1) is 18.1. The predicted octanol–water partition coefficient (Wildman–Crippen LogP) is 5.30. The van der Waals surface area contributed by atoms with Crippen molar-refractivity contribution < 1.29 is 9.53 Å². The molecule has 0 saturated heterocycles. The Kier molecular flexibility index (Phi) is 5.68. The number of rotatable bonds is 4. The first-order valence-electron chi connectivity index (χ1n) is 7.73. The Morgan fingerprint density at radius 2 is 1.79 bits per heavy atom. The molecule has 0 aliphatic carbocycles. The third-order valence-corrected chi connectivity index (χ3v) is 3.87. The van der Waals surface area contributed by atoms with Crippen LogP contribution in [-0.2, 0) is 10.2 Å². The van der Waals surface area contributed by atoms with Crippen molar-refractivity contribution in [3.05, 3.63) is 64.7 Å². The Hall–Kier alpha value is -2.26. The lowest BCUT2D eigenvalue weighted by atomic mass is 9.87. The molecule has 0 spiro atoms. The van der Waals surface area contributed by atoms with Crippen LogP contribution in [0.15, 0.2) is 48.5 Å². The van der Waals surface area contributed by atoms with Crippen LogP contribution >= 0.6 is 11.6 Å². The first-order chi connectivity index (χ1) is 11.3. The molecule has 2 rings (SSSR count). The van der Waals surface area contributed by atoms with Crippen LogP contribution in [0.1, 0.15) is 31.9 Å². The van der Waals surface area contributed by atoms with Crippen LogP contribution in [0.25, 0.3) is 6.08 Å². The Labute approximate surface area is 148 Å². The average molecular weight is 344 g/mol. The van der Waals surface area contributed by atoms with E-state index in [9.17, 15) is 4.79 Å². The minimum absolute atomic E-state index is 0.00903. The number of carbonyl (C=O) groups is 1. The highest BCUT2D eigenvalue weighted by molar-refractivity contribution is 6.30. The van der Waals surface area contributed by atoms with Crippen molar-refractivity contribution in [2.24, 2.45) is 0 Å². The SMILES string of the molecule is COc1ccc(C(C)(C)C)cc1NC(=O)/C=C/c1ccc(Cl)cc1. The number of nitrogens with one attached hydrogen (secondary N) is 1. The summed E-state index contributed by atoms with van der Waals surface area (Å²) in [6.45, 7) is 6.38. The molecule has 2 aromatic carbocycles. The Morgan fingerprint density at radius 3 is 2.38 bits per heavy atom. The zero-order chi connectivity index (χ0) is 17.7. The predicted molar refractivity (Wildman–Crippen MR) is 101 cm³/mol. The molecule has 126 valence electrons. The molecule has 0 saturated carbocycles.